The van der Waals surface area contributed by atoms with Gasteiger partial charge in [-0.3, -0.25) is 9.69 Å². The average Bonchev–Trinajstić information content (AvgIpc) is 2.44. The fourth-order valence-electron chi connectivity index (χ4n) is 2.52. The van der Waals surface area contributed by atoms with Gasteiger partial charge >= 0.3 is 0 Å². The summed E-state index contributed by atoms with van der Waals surface area (Å²) in [6, 6.07) is 5.96. The second kappa shape index (κ2) is 6.39. The van der Waals surface area contributed by atoms with Gasteiger partial charge in [0.1, 0.15) is 0 Å². The number of nitrogen functional groups attached to an aromatic ring is 1. The number of piperidine rings is 1. The number of halogens is 1. The Morgan fingerprint density at radius 2 is 2.16 bits per heavy atom. The third kappa shape index (κ3) is 3.48. The van der Waals surface area contributed by atoms with Crippen LogP contribution in [-0.2, 0) is 11.3 Å². The van der Waals surface area contributed by atoms with Crippen molar-refractivity contribution < 1.29 is 4.79 Å². The maximum Gasteiger partial charge on any atom is 0.222 e. The molecule has 2 rings (SSSR count). The SMILES string of the molecule is CNC(=O)C1CCN(Cc2cccc(N)c2Br)CC1. The summed E-state index contributed by atoms with van der Waals surface area (Å²) >= 11 is 3.54. The number of rotatable bonds is 3. The smallest absolute Gasteiger partial charge is 0.222 e. The first kappa shape index (κ1) is 14.3. The van der Waals surface area contributed by atoms with Crippen LogP contribution in [0.4, 0.5) is 5.69 Å². The number of nitrogens with zero attached hydrogens (tertiary/aromatic N) is 1. The molecule has 3 N–H and O–H groups in total. The number of anilines is 1. The fourth-order valence-corrected chi connectivity index (χ4v) is 2.91. The molecule has 5 heteroatoms. The lowest BCUT2D eigenvalue weighted by Crippen LogP contribution is -2.39. The molecule has 0 saturated carbocycles. The fraction of sp³-hybridized carbons (Fsp3) is 0.500. The first-order valence-corrected chi connectivity index (χ1v) is 7.38. The summed E-state index contributed by atoms with van der Waals surface area (Å²) in [4.78, 5) is 14.0. The van der Waals surface area contributed by atoms with Gasteiger partial charge in [-0.05, 0) is 53.5 Å². The van der Waals surface area contributed by atoms with Crippen LogP contribution in [0.3, 0.4) is 0 Å². The highest BCUT2D eigenvalue weighted by Gasteiger charge is 2.24. The Kier molecular flexibility index (Phi) is 4.82. The largest absolute Gasteiger partial charge is 0.398 e. The van der Waals surface area contributed by atoms with Crippen molar-refractivity contribution in [2.75, 3.05) is 25.9 Å². The number of carbonyl (C=O) groups excluding carboxylic acids is 1. The summed E-state index contributed by atoms with van der Waals surface area (Å²) in [5.41, 5.74) is 7.87. The average molecular weight is 326 g/mol. The summed E-state index contributed by atoms with van der Waals surface area (Å²) in [6.07, 6.45) is 1.86. The van der Waals surface area contributed by atoms with Gasteiger partial charge in [-0.1, -0.05) is 12.1 Å². The topological polar surface area (TPSA) is 58.4 Å². The van der Waals surface area contributed by atoms with E-state index in [9.17, 15) is 4.79 Å². The van der Waals surface area contributed by atoms with Crippen molar-refractivity contribution >= 4 is 27.5 Å². The predicted octanol–water partition coefficient (Wildman–Crippen LogP) is 1.99. The summed E-state index contributed by atoms with van der Waals surface area (Å²) < 4.78 is 0.989. The minimum Gasteiger partial charge on any atom is -0.398 e. The van der Waals surface area contributed by atoms with Crippen LogP contribution in [0.2, 0.25) is 0 Å². The molecule has 19 heavy (non-hydrogen) atoms. The molecule has 0 bridgehead atoms. The van der Waals surface area contributed by atoms with E-state index in [4.69, 9.17) is 5.73 Å². The van der Waals surface area contributed by atoms with E-state index in [1.54, 1.807) is 7.05 Å². The van der Waals surface area contributed by atoms with Crippen LogP contribution in [0.5, 0.6) is 0 Å². The zero-order valence-corrected chi connectivity index (χ0v) is 12.7. The molecule has 4 nitrogen and oxygen atoms in total. The van der Waals surface area contributed by atoms with Crippen LogP contribution >= 0.6 is 15.9 Å². The number of carbonyl (C=O) groups is 1. The summed E-state index contributed by atoms with van der Waals surface area (Å²) in [5.74, 6) is 0.343. The molecule has 0 unspecified atom stereocenters. The molecule has 0 aliphatic carbocycles. The van der Waals surface area contributed by atoms with Crippen molar-refractivity contribution in [3.63, 3.8) is 0 Å². The second-order valence-electron chi connectivity index (χ2n) is 4.99. The molecule has 1 aliphatic heterocycles. The molecule has 1 aromatic rings. The van der Waals surface area contributed by atoms with Crippen molar-refractivity contribution in [3.8, 4) is 0 Å². The summed E-state index contributed by atoms with van der Waals surface area (Å²) in [5, 5.41) is 2.73. The van der Waals surface area contributed by atoms with Gasteiger partial charge in [0.25, 0.3) is 0 Å². The first-order chi connectivity index (χ1) is 9.11. The first-order valence-electron chi connectivity index (χ1n) is 6.58. The number of hydrogen-bond acceptors (Lipinski definition) is 3. The summed E-state index contributed by atoms with van der Waals surface area (Å²) in [6.45, 7) is 2.80. The number of nitrogens with one attached hydrogen (secondary N) is 1. The second-order valence-corrected chi connectivity index (χ2v) is 5.78. The summed E-state index contributed by atoms with van der Waals surface area (Å²) in [7, 11) is 1.71. The molecule has 104 valence electrons. The zero-order chi connectivity index (χ0) is 13.8. The van der Waals surface area contributed by atoms with Gasteiger partial charge in [-0.15, -0.1) is 0 Å². The lowest BCUT2D eigenvalue weighted by Gasteiger charge is -2.31. The maximum absolute atomic E-state index is 11.6. The third-order valence-electron chi connectivity index (χ3n) is 3.71. The zero-order valence-electron chi connectivity index (χ0n) is 11.2. The van der Waals surface area contributed by atoms with Gasteiger partial charge in [-0.25, -0.2) is 0 Å². The highest BCUT2D eigenvalue weighted by Crippen LogP contribution is 2.26. The Hall–Kier alpha value is -1.07. The molecule has 1 aliphatic rings. The molecule has 0 aromatic heterocycles. The molecular formula is C14H20BrN3O. The third-order valence-corrected chi connectivity index (χ3v) is 4.67. The maximum atomic E-state index is 11.6. The van der Waals surface area contributed by atoms with Crippen LogP contribution in [-0.4, -0.2) is 30.9 Å². The van der Waals surface area contributed by atoms with E-state index in [0.29, 0.717) is 0 Å². The number of amides is 1. The number of hydrogen-bond donors (Lipinski definition) is 2. The monoisotopic (exact) mass is 325 g/mol. The van der Waals surface area contributed by atoms with E-state index < -0.39 is 0 Å². The Morgan fingerprint density at radius 1 is 1.47 bits per heavy atom. The van der Waals surface area contributed by atoms with Crippen molar-refractivity contribution in [1.82, 2.24) is 10.2 Å². The Morgan fingerprint density at radius 3 is 2.79 bits per heavy atom. The highest BCUT2D eigenvalue weighted by atomic mass is 79.9. The van der Waals surface area contributed by atoms with Crippen LogP contribution in [0, 0.1) is 5.92 Å². The van der Waals surface area contributed by atoms with Gasteiger partial charge < -0.3 is 11.1 Å². The van der Waals surface area contributed by atoms with E-state index in [2.05, 4.69) is 32.2 Å². The highest BCUT2D eigenvalue weighted by molar-refractivity contribution is 9.10. The Labute approximate surface area is 122 Å². The van der Waals surface area contributed by atoms with Crippen LogP contribution in [0.1, 0.15) is 18.4 Å². The van der Waals surface area contributed by atoms with Gasteiger partial charge in [0.2, 0.25) is 5.91 Å². The van der Waals surface area contributed by atoms with E-state index in [-0.39, 0.29) is 11.8 Å². The van der Waals surface area contributed by atoms with Gasteiger partial charge in [0.05, 0.1) is 0 Å². The van der Waals surface area contributed by atoms with Crippen LogP contribution in [0.15, 0.2) is 22.7 Å². The molecule has 0 atom stereocenters. The standard InChI is InChI=1S/C14H20BrN3O/c1-17-14(19)10-5-7-18(8-6-10)9-11-3-2-4-12(16)13(11)15/h2-4,10H,5-9,16H2,1H3,(H,17,19). The molecule has 1 fully saturated rings. The normalized spacial score (nSPS) is 17.4. The number of nitrogens with two attached hydrogens (primary N) is 1. The predicted molar refractivity (Wildman–Crippen MR) is 80.6 cm³/mol. The molecule has 1 saturated heterocycles. The molecule has 1 amide bonds. The number of benzene rings is 1. The molecule has 0 spiro atoms. The Bertz CT molecular complexity index is 456. The van der Waals surface area contributed by atoms with Gasteiger partial charge in [0.15, 0.2) is 0 Å². The van der Waals surface area contributed by atoms with Crippen LogP contribution < -0.4 is 11.1 Å². The molecular weight excluding hydrogens is 306 g/mol. The van der Waals surface area contributed by atoms with Crippen molar-refractivity contribution in [2.45, 2.75) is 19.4 Å². The molecule has 0 radical (unpaired) electrons. The molecule has 1 heterocycles. The quantitative estimate of drug-likeness (QED) is 0.835. The van der Waals surface area contributed by atoms with E-state index in [1.807, 2.05) is 12.1 Å². The number of likely N-dealkylation sites (tertiary alicyclic amines) is 1. The van der Waals surface area contributed by atoms with Gasteiger partial charge in [0, 0.05) is 29.7 Å². The van der Waals surface area contributed by atoms with Crippen LogP contribution in [0.25, 0.3) is 0 Å². The lowest BCUT2D eigenvalue weighted by atomic mass is 9.95. The van der Waals surface area contributed by atoms with Crippen molar-refractivity contribution in [1.29, 1.82) is 0 Å². The Balaban J connectivity index is 1.92. The van der Waals surface area contributed by atoms with E-state index in [0.717, 1.165) is 42.6 Å². The van der Waals surface area contributed by atoms with E-state index >= 15 is 0 Å². The molecule has 1 aromatic carbocycles. The van der Waals surface area contributed by atoms with Crippen molar-refractivity contribution in [2.24, 2.45) is 5.92 Å². The minimum absolute atomic E-state index is 0.171. The van der Waals surface area contributed by atoms with Crippen molar-refractivity contribution in [3.05, 3.63) is 28.2 Å². The lowest BCUT2D eigenvalue weighted by molar-refractivity contribution is -0.125. The van der Waals surface area contributed by atoms with Gasteiger partial charge in [-0.2, -0.15) is 0 Å². The minimum atomic E-state index is 0.171. The van der Waals surface area contributed by atoms with E-state index in [1.165, 1.54) is 5.56 Å².